The van der Waals surface area contributed by atoms with Gasteiger partial charge >= 0.3 is 0 Å². The van der Waals surface area contributed by atoms with Gasteiger partial charge in [-0.1, -0.05) is 6.07 Å². The van der Waals surface area contributed by atoms with E-state index in [1.54, 1.807) is 11.1 Å². The summed E-state index contributed by atoms with van der Waals surface area (Å²) in [5, 5.41) is 0. The molecule has 2 rings (SSSR count). The molecule has 2 N–H and O–H groups in total. The van der Waals surface area contributed by atoms with Crippen molar-refractivity contribution in [2.75, 3.05) is 18.5 Å². The lowest BCUT2D eigenvalue weighted by Crippen LogP contribution is -2.30. The van der Waals surface area contributed by atoms with Crippen LogP contribution < -0.4 is 10.6 Å². The van der Waals surface area contributed by atoms with Gasteiger partial charge in [-0.2, -0.15) is 0 Å². The average Bonchev–Trinajstić information content (AvgIpc) is 2.75. The maximum absolute atomic E-state index is 5.61. The van der Waals surface area contributed by atoms with Crippen LogP contribution in [-0.2, 0) is 12.8 Å². The van der Waals surface area contributed by atoms with Gasteiger partial charge in [-0.15, -0.1) is 0 Å². The monoisotopic (exact) mass is 218 g/mol. The van der Waals surface area contributed by atoms with E-state index in [0.29, 0.717) is 6.04 Å². The highest BCUT2D eigenvalue weighted by atomic mass is 15.1. The number of aryl methyl sites for hydroxylation is 2. The van der Waals surface area contributed by atoms with Crippen LogP contribution in [0.2, 0.25) is 0 Å². The van der Waals surface area contributed by atoms with E-state index >= 15 is 0 Å². The van der Waals surface area contributed by atoms with Crippen molar-refractivity contribution in [1.29, 1.82) is 0 Å². The number of fused-ring (bicyclic) bond motifs is 1. The highest BCUT2D eigenvalue weighted by Crippen LogP contribution is 2.27. The summed E-state index contributed by atoms with van der Waals surface area (Å²) in [4.78, 5) is 2.34. The quantitative estimate of drug-likeness (QED) is 0.840. The predicted molar refractivity (Wildman–Crippen MR) is 70.0 cm³/mol. The topological polar surface area (TPSA) is 29.3 Å². The lowest BCUT2D eigenvalue weighted by Gasteiger charge is -2.27. The minimum Gasteiger partial charge on any atom is -0.372 e. The molecule has 0 fully saturated rings. The molecule has 0 aliphatic heterocycles. The summed E-state index contributed by atoms with van der Waals surface area (Å²) >= 11 is 0. The van der Waals surface area contributed by atoms with Gasteiger partial charge in [-0.05, 0) is 62.4 Å². The molecule has 1 unspecified atom stereocenters. The SMILES string of the molecule is CC(CCN)N(C)c1ccc2c(c1)CCC2. The molecule has 1 aromatic rings. The van der Waals surface area contributed by atoms with Crippen LogP contribution in [0.1, 0.15) is 30.9 Å². The van der Waals surface area contributed by atoms with Crippen LogP contribution in [0.5, 0.6) is 0 Å². The van der Waals surface area contributed by atoms with E-state index in [0.717, 1.165) is 13.0 Å². The maximum atomic E-state index is 5.61. The molecule has 0 heterocycles. The van der Waals surface area contributed by atoms with Gasteiger partial charge in [-0.25, -0.2) is 0 Å². The molecule has 0 bridgehead atoms. The van der Waals surface area contributed by atoms with Crippen molar-refractivity contribution >= 4 is 5.69 Å². The summed E-state index contributed by atoms with van der Waals surface area (Å²) in [5.74, 6) is 0. The Hall–Kier alpha value is -1.02. The molecular formula is C14H22N2. The molecule has 1 atom stereocenters. The van der Waals surface area contributed by atoms with Gasteiger partial charge in [0.05, 0.1) is 0 Å². The molecule has 0 radical (unpaired) electrons. The fourth-order valence-electron chi connectivity index (χ4n) is 2.47. The first-order chi connectivity index (χ1) is 7.72. The van der Waals surface area contributed by atoms with Crippen LogP contribution in [0, 0.1) is 0 Å². The van der Waals surface area contributed by atoms with Crippen LogP contribution in [0.4, 0.5) is 5.69 Å². The Bertz CT molecular complexity index is 360. The molecule has 0 aromatic heterocycles. The number of anilines is 1. The number of rotatable bonds is 4. The molecule has 2 heteroatoms. The number of nitrogens with two attached hydrogens (primary N) is 1. The lowest BCUT2D eigenvalue weighted by atomic mass is 10.1. The number of benzene rings is 1. The highest BCUT2D eigenvalue weighted by molar-refractivity contribution is 5.52. The third-order valence-corrected chi connectivity index (χ3v) is 3.73. The maximum Gasteiger partial charge on any atom is 0.0368 e. The fraction of sp³-hybridized carbons (Fsp3) is 0.571. The minimum atomic E-state index is 0.518. The van der Waals surface area contributed by atoms with Gasteiger partial charge in [0.1, 0.15) is 0 Å². The van der Waals surface area contributed by atoms with Gasteiger partial charge in [0, 0.05) is 18.8 Å². The van der Waals surface area contributed by atoms with Crippen LogP contribution >= 0.6 is 0 Å². The van der Waals surface area contributed by atoms with Crippen LogP contribution in [0.25, 0.3) is 0 Å². The summed E-state index contributed by atoms with van der Waals surface area (Å²) in [6.45, 7) is 3.00. The van der Waals surface area contributed by atoms with Crippen LogP contribution in [0.3, 0.4) is 0 Å². The molecule has 0 saturated carbocycles. The highest BCUT2D eigenvalue weighted by Gasteiger charge is 2.14. The van der Waals surface area contributed by atoms with E-state index in [9.17, 15) is 0 Å². The summed E-state index contributed by atoms with van der Waals surface area (Å²) in [7, 11) is 2.16. The van der Waals surface area contributed by atoms with Gasteiger partial charge in [0.25, 0.3) is 0 Å². The van der Waals surface area contributed by atoms with Crippen molar-refractivity contribution in [1.82, 2.24) is 0 Å². The van der Waals surface area contributed by atoms with Crippen molar-refractivity contribution in [3.8, 4) is 0 Å². The summed E-state index contributed by atoms with van der Waals surface area (Å²) in [6.07, 6.45) is 4.88. The third kappa shape index (κ3) is 2.22. The van der Waals surface area contributed by atoms with Crippen LogP contribution in [-0.4, -0.2) is 19.6 Å². The van der Waals surface area contributed by atoms with Gasteiger partial charge < -0.3 is 10.6 Å². The van der Waals surface area contributed by atoms with Crippen LogP contribution in [0.15, 0.2) is 18.2 Å². The predicted octanol–water partition coefficient (Wildman–Crippen LogP) is 2.35. The van der Waals surface area contributed by atoms with E-state index in [-0.39, 0.29) is 0 Å². The van der Waals surface area contributed by atoms with Gasteiger partial charge in [0.15, 0.2) is 0 Å². The zero-order chi connectivity index (χ0) is 11.5. The molecular weight excluding hydrogens is 196 g/mol. The average molecular weight is 218 g/mol. The first-order valence-corrected chi connectivity index (χ1v) is 6.27. The van der Waals surface area contributed by atoms with Crippen molar-refractivity contribution in [3.63, 3.8) is 0 Å². The molecule has 1 aliphatic carbocycles. The van der Waals surface area contributed by atoms with E-state index in [2.05, 4.69) is 37.1 Å². The molecule has 88 valence electrons. The first kappa shape index (κ1) is 11.5. The molecule has 0 saturated heterocycles. The van der Waals surface area contributed by atoms with E-state index < -0.39 is 0 Å². The smallest absolute Gasteiger partial charge is 0.0368 e. The first-order valence-electron chi connectivity index (χ1n) is 6.27. The Labute approximate surface area is 98.4 Å². The number of nitrogens with zero attached hydrogens (tertiary/aromatic N) is 1. The summed E-state index contributed by atoms with van der Waals surface area (Å²) in [6, 6.07) is 7.42. The third-order valence-electron chi connectivity index (χ3n) is 3.73. The Morgan fingerprint density at radius 1 is 1.31 bits per heavy atom. The van der Waals surface area contributed by atoms with E-state index in [1.165, 1.54) is 24.9 Å². The second-order valence-corrected chi connectivity index (χ2v) is 4.84. The zero-order valence-electron chi connectivity index (χ0n) is 10.4. The van der Waals surface area contributed by atoms with Gasteiger partial charge in [-0.3, -0.25) is 0 Å². The lowest BCUT2D eigenvalue weighted by molar-refractivity contribution is 0.635. The second kappa shape index (κ2) is 4.88. The fourth-order valence-corrected chi connectivity index (χ4v) is 2.47. The van der Waals surface area contributed by atoms with Crippen molar-refractivity contribution in [2.45, 2.75) is 38.6 Å². The molecule has 16 heavy (non-hydrogen) atoms. The van der Waals surface area contributed by atoms with Gasteiger partial charge in [0.2, 0.25) is 0 Å². The van der Waals surface area contributed by atoms with Crippen molar-refractivity contribution < 1.29 is 0 Å². The number of hydrogen-bond acceptors (Lipinski definition) is 2. The molecule has 1 aromatic carbocycles. The van der Waals surface area contributed by atoms with E-state index in [1.807, 2.05) is 0 Å². The zero-order valence-corrected chi connectivity index (χ0v) is 10.4. The molecule has 0 amide bonds. The standard InChI is InChI=1S/C14H22N2/c1-11(8-9-15)16(2)14-7-6-12-4-3-5-13(12)10-14/h6-7,10-11H,3-5,8-9,15H2,1-2H3. The normalized spacial score (nSPS) is 15.9. The van der Waals surface area contributed by atoms with Crippen molar-refractivity contribution in [2.24, 2.45) is 5.73 Å². The Morgan fingerprint density at radius 2 is 2.06 bits per heavy atom. The summed E-state index contributed by atoms with van der Waals surface area (Å²) in [5.41, 5.74) is 10.0. The Kier molecular flexibility index (Phi) is 3.49. The molecule has 1 aliphatic rings. The Morgan fingerprint density at radius 3 is 2.81 bits per heavy atom. The summed E-state index contributed by atoms with van der Waals surface area (Å²) < 4.78 is 0. The van der Waals surface area contributed by atoms with Crippen molar-refractivity contribution in [3.05, 3.63) is 29.3 Å². The minimum absolute atomic E-state index is 0.518. The molecule has 0 spiro atoms. The largest absolute Gasteiger partial charge is 0.372 e. The number of hydrogen-bond donors (Lipinski definition) is 1. The molecule has 2 nitrogen and oxygen atoms in total. The second-order valence-electron chi connectivity index (χ2n) is 4.84. The Balaban J connectivity index is 2.14. The van der Waals surface area contributed by atoms with E-state index in [4.69, 9.17) is 5.73 Å².